The van der Waals surface area contributed by atoms with Crippen LogP contribution in [0.4, 0.5) is 0 Å². The number of nitrogens with zero attached hydrogens (tertiary/aromatic N) is 1. The summed E-state index contributed by atoms with van der Waals surface area (Å²) in [5.41, 5.74) is 0. The van der Waals surface area contributed by atoms with E-state index in [0.29, 0.717) is 6.04 Å². The van der Waals surface area contributed by atoms with Gasteiger partial charge in [-0.05, 0) is 45.1 Å². The molecule has 2 unspecified atom stereocenters. The van der Waals surface area contributed by atoms with Gasteiger partial charge in [0.15, 0.2) is 0 Å². The summed E-state index contributed by atoms with van der Waals surface area (Å²) in [6.07, 6.45) is 8.72. The molecular formula is C14H25NO2. The number of carbonyl (C=O) groups is 1. The first-order valence-corrected chi connectivity index (χ1v) is 7.15. The van der Waals surface area contributed by atoms with E-state index in [-0.39, 0.29) is 5.92 Å². The second-order valence-electron chi connectivity index (χ2n) is 5.81. The van der Waals surface area contributed by atoms with E-state index in [0.717, 1.165) is 31.8 Å². The molecule has 1 heterocycles. The van der Waals surface area contributed by atoms with Gasteiger partial charge in [0.05, 0.1) is 5.92 Å². The molecule has 1 saturated carbocycles. The molecule has 17 heavy (non-hydrogen) atoms. The third-order valence-corrected chi connectivity index (χ3v) is 4.71. The largest absolute Gasteiger partial charge is 0.481 e. The molecule has 0 radical (unpaired) electrons. The predicted molar refractivity (Wildman–Crippen MR) is 68.0 cm³/mol. The quantitative estimate of drug-likeness (QED) is 0.823. The van der Waals surface area contributed by atoms with Crippen LogP contribution in [0.2, 0.25) is 0 Å². The number of likely N-dealkylation sites (tertiary alicyclic amines) is 1. The fourth-order valence-electron chi connectivity index (χ4n) is 3.49. The Kier molecular flexibility index (Phi) is 4.43. The Morgan fingerprint density at radius 1 is 1.18 bits per heavy atom. The zero-order valence-corrected chi connectivity index (χ0v) is 10.9. The van der Waals surface area contributed by atoms with Gasteiger partial charge in [-0.15, -0.1) is 0 Å². The highest BCUT2D eigenvalue weighted by Crippen LogP contribution is 2.31. The molecule has 1 aliphatic carbocycles. The minimum atomic E-state index is -0.606. The average molecular weight is 239 g/mol. The first-order valence-electron chi connectivity index (χ1n) is 7.15. The molecule has 0 aromatic heterocycles. The molecule has 3 nitrogen and oxygen atoms in total. The van der Waals surface area contributed by atoms with Crippen molar-refractivity contribution in [2.75, 3.05) is 13.1 Å². The smallest absolute Gasteiger partial charge is 0.307 e. The molecule has 0 bridgehead atoms. The number of hydrogen-bond donors (Lipinski definition) is 1. The van der Waals surface area contributed by atoms with Gasteiger partial charge in [-0.25, -0.2) is 0 Å². The molecule has 1 N–H and O–H groups in total. The summed E-state index contributed by atoms with van der Waals surface area (Å²) in [5, 5.41) is 9.12. The van der Waals surface area contributed by atoms with Gasteiger partial charge in [-0.2, -0.15) is 0 Å². The van der Waals surface area contributed by atoms with E-state index in [4.69, 9.17) is 5.11 Å². The molecular weight excluding hydrogens is 214 g/mol. The highest BCUT2D eigenvalue weighted by Gasteiger charge is 2.31. The molecule has 3 heteroatoms. The molecule has 1 saturated heterocycles. The summed E-state index contributed by atoms with van der Waals surface area (Å²) >= 11 is 0. The zero-order chi connectivity index (χ0) is 12.3. The highest BCUT2D eigenvalue weighted by molar-refractivity contribution is 5.70. The van der Waals surface area contributed by atoms with Gasteiger partial charge >= 0.3 is 5.97 Å². The fraction of sp³-hybridized carbons (Fsp3) is 0.929. The van der Waals surface area contributed by atoms with Crippen molar-refractivity contribution >= 4 is 5.97 Å². The molecule has 2 aliphatic rings. The van der Waals surface area contributed by atoms with Crippen molar-refractivity contribution in [1.82, 2.24) is 4.90 Å². The first-order chi connectivity index (χ1) is 8.18. The van der Waals surface area contributed by atoms with Crippen molar-refractivity contribution in [3.63, 3.8) is 0 Å². The topological polar surface area (TPSA) is 40.5 Å². The molecule has 1 aliphatic heterocycles. The lowest BCUT2D eigenvalue weighted by Gasteiger charge is -2.40. The number of carboxylic acids is 1. The van der Waals surface area contributed by atoms with Gasteiger partial charge in [-0.3, -0.25) is 9.69 Å². The van der Waals surface area contributed by atoms with Crippen molar-refractivity contribution in [1.29, 1.82) is 0 Å². The normalized spacial score (nSPS) is 30.1. The van der Waals surface area contributed by atoms with Crippen LogP contribution in [0.5, 0.6) is 0 Å². The molecule has 2 atom stereocenters. The Hall–Kier alpha value is -0.570. The van der Waals surface area contributed by atoms with E-state index in [1.165, 1.54) is 32.1 Å². The molecule has 98 valence electrons. The van der Waals surface area contributed by atoms with Crippen LogP contribution in [0.15, 0.2) is 0 Å². The summed E-state index contributed by atoms with van der Waals surface area (Å²) in [7, 11) is 0. The van der Waals surface area contributed by atoms with Crippen LogP contribution >= 0.6 is 0 Å². The third-order valence-electron chi connectivity index (χ3n) is 4.71. The van der Waals surface area contributed by atoms with Crippen molar-refractivity contribution in [2.45, 2.75) is 57.9 Å². The van der Waals surface area contributed by atoms with Gasteiger partial charge < -0.3 is 5.11 Å². The Morgan fingerprint density at radius 3 is 2.53 bits per heavy atom. The van der Waals surface area contributed by atoms with Crippen molar-refractivity contribution < 1.29 is 9.90 Å². The predicted octanol–water partition coefficient (Wildman–Crippen LogP) is 2.75. The maximum Gasteiger partial charge on any atom is 0.307 e. The van der Waals surface area contributed by atoms with E-state index in [9.17, 15) is 4.79 Å². The Bertz CT molecular complexity index is 261. The summed E-state index contributed by atoms with van der Waals surface area (Å²) < 4.78 is 0. The van der Waals surface area contributed by atoms with Gasteiger partial charge in [0.25, 0.3) is 0 Å². The minimum absolute atomic E-state index is 0.130. The van der Waals surface area contributed by atoms with Crippen LogP contribution in [0.1, 0.15) is 51.9 Å². The number of piperidine rings is 1. The van der Waals surface area contributed by atoms with Crippen LogP contribution in [0.3, 0.4) is 0 Å². The summed E-state index contributed by atoms with van der Waals surface area (Å²) in [5.74, 6) is 0.0663. The van der Waals surface area contributed by atoms with E-state index in [1.807, 2.05) is 0 Å². The Balaban J connectivity index is 1.89. The lowest BCUT2D eigenvalue weighted by Crippen LogP contribution is -2.46. The van der Waals surface area contributed by atoms with E-state index in [1.54, 1.807) is 0 Å². The van der Waals surface area contributed by atoms with Crippen LogP contribution in [-0.2, 0) is 4.79 Å². The third kappa shape index (κ3) is 3.21. The SMILES string of the molecule is CC(C1CCCCC1)N1CCCC(C(=O)O)C1. The van der Waals surface area contributed by atoms with Crippen LogP contribution in [0, 0.1) is 11.8 Å². The number of carboxylic acid groups (broad SMARTS) is 1. The second-order valence-corrected chi connectivity index (χ2v) is 5.81. The minimum Gasteiger partial charge on any atom is -0.481 e. The summed E-state index contributed by atoms with van der Waals surface area (Å²) in [6.45, 7) is 4.18. The lowest BCUT2D eigenvalue weighted by atomic mass is 9.83. The van der Waals surface area contributed by atoms with Crippen LogP contribution in [-0.4, -0.2) is 35.1 Å². The van der Waals surface area contributed by atoms with Crippen molar-refractivity contribution in [2.24, 2.45) is 11.8 Å². The molecule has 0 aromatic carbocycles. The number of rotatable bonds is 3. The maximum absolute atomic E-state index is 11.1. The van der Waals surface area contributed by atoms with Crippen LogP contribution in [0.25, 0.3) is 0 Å². The van der Waals surface area contributed by atoms with Gasteiger partial charge in [-0.1, -0.05) is 19.3 Å². The Labute approximate surface area is 104 Å². The average Bonchev–Trinajstić information content (AvgIpc) is 2.39. The molecule has 0 spiro atoms. The molecule has 0 aromatic rings. The zero-order valence-electron chi connectivity index (χ0n) is 10.9. The first kappa shape index (κ1) is 12.9. The fourth-order valence-corrected chi connectivity index (χ4v) is 3.49. The highest BCUT2D eigenvalue weighted by atomic mass is 16.4. The lowest BCUT2D eigenvalue weighted by molar-refractivity contribution is -0.144. The van der Waals surface area contributed by atoms with Crippen LogP contribution < -0.4 is 0 Å². The monoisotopic (exact) mass is 239 g/mol. The van der Waals surface area contributed by atoms with Gasteiger partial charge in [0.1, 0.15) is 0 Å². The van der Waals surface area contributed by atoms with E-state index in [2.05, 4.69) is 11.8 Å². The molecule has 2 rings (SSSR count). The van der Waals surface area contributed by atoms with Crippen molar-refractivity contribution in [3.8, 4) is 0 Å². The standard InChI is InChI=1S/C14H25NO2/c1-11(12-6-3-2-4-7-12)15-9-5-8-13(10-15)14(16)17/h11-13H,2-10H2,1H3,(H,16,17). The van der Waals surface area contributed by atoms with Gasteiger partial charge in [0.2, 0.25) is 0 Å². The number of hydrogen-bond acceptors (Lipinski definition) is 2. The van der Waals surface area contributed by atoms with Gasteiger partial charge in [0, 0.05) is 12.6 Å². The molecule has 2 fully saturated rings. The van der Waals surface area contributed by atoms with E-state index < -0.39 is 5.97 Å². The molecule has 0 amide bonds. The maximum atomic E-state index is 11.1. The van der Waals surface area contributed by atoms with Crippen molar-refractivity contribution in [3.05, 3.63) is 0 Å². The van der Waals surface area contributed by atoms with E-state index >= 15 is 0 Å². The summed E-state index contributed by atoms with van der Waals surface area (Å²) in [4.78, 5) is 13.5. The number of aliphatic carboxylic acids is 1. The summed E-state index contributed by atoms with van der Waals surface area (Å²) in [6, 6.07) is 0.581. The second kappa shape index (κ2) is 5.85. The Morgan fingerprint density at radius 2 is 1.88 bits per heavy atom.